The van der Waals surface area contributed by atoms with E-state index < -0.39 is 14.8 Å². The first-order valence-corrected chi connectivity index (χ1v) is 12.0. The first-order valence-electron chi connectivity index (χ1n) is 10.1. The van der Waals surface area contributed by atoms with E-state index in [1.807, 2.05) is 51.1 Å². The number of hydrogen-bond donors (Lipinski definition) is 1. The third kappa shape index (κ3) is 6.40. The standard InChI is InChI=1S/C22H31NO5Si/c1-4-26-29(27-5-2,28-6-3)17-11-16-25-22(24)19-14-10-15-20(23)21(19)18-12-8-7-9-13-18/h7-10,12-15H,4-6,11,16-17,23H2,1-3H3. The average molecular weight is 418 g/mol. The molecule has 7 heteroatoms. The highest BCUT2D eigenvalue weighted by Crippen LogP contribution is 2.30. The van der Waals surface area contributed by atoms with Crippen LogP contribution in [0.15, 0.2) is 48.5 Å². The number of rotatable bonds is 12. The number of esters is 1. The second kappa shape index (κ2) is 11.7. The van der Waals surface area contributed by atoms with Crippen LogP contribution in [-0.4, -0.2) is 41.2 Å². The maximum Gasteiger partial charge on any atom is 0.501 e. The minimum Gasteiger partial charge on any atom is -0.462 e. The Hall–Kier alpha value is -2.19. The molecular weight excluding hydrogens is 386 g/mol. The number of ether oxygens (including phenoxy) is 1. The lowest BCUT2D eigenvalue weighted by molar-refractivity contribution is 0.0469. The highest BCUT2D eigenvalue weighted by molar-refractivity contribution is 6.60. The van der Waals surface area contributed by atoms with Gasteiger partial charge in [-0.3, -0.25) is 0 Å². The van der Waals surface area contributed by atoms with Crippen molar-refractivity contribution >= 4 is 20.5 Å². The molecule has 29 heavy (non-hydrogen) atoms. The summed E-state index contributed by atoms with van der Waals surface area (Å²) in [6.07, 6.45) is 0.598. The predicted octanol–water partition coefficient (Wildman–Crippen LogP) is 4.53. The van der Waals surface area contributed by atoms with Gasteiger partial charge in [-0.1, -0.05) is 36.4 Å². The van der Waals surface area contributed by atoms with Crippen LogP contribution in [0.1, 0.15) is 37.6 Å². The summed E-state index contributed by atoms with van der Waals surface area (Å²) in [6.45, 7) is 7.59. The zero-order valence-electron chi connectivity index (χ0n) is 17.5. The van der Waals surface area contributed by atoms with Crippen molar-refractivity contribution in [3.05, 3.63) is 54.1 Å². The molecule has 0 saturated carbocycles. The van der Waals surface area contributed by atoms with Gasteiger partial charge in [-0.05, 0) is 44.9 Å². The molecule has 0 spiro atoms. The molecule has 0 fully saturated rings. The Bertz CT molecular complexity index is 752. The van der Waals surface area contributed by atoms with E-state index in [9.17, 15) is 4.79 Å². The van der Waals surface area contributed by atoms with E-state index in [0.717, 1.165) is 5.56 Å². The van der Waals surface area contributed by atoms with Crippen LogP contribution in [0.2, 0.25) is 6.04 Å². The number of carbonyl (C=O) groups is 1. The summed E-state index contributed by atoms with van der Waals surface area (Å²) in [5.74, 6) is -0.396. The lowest BCUT2D eigenvalue weighted by Gasteiger charge is -2.28. The van der Waals surface area contributed by atoms with E-state index in [1.165, 1.54) is 0 Å². The normalized spacial score (nSPS) is 11.4. The van der Waals surface area contributed by atoms with Gasteiger partial charge in [-0.15, -0.1) is 0 Å². The Labute approximate surface area is 174 Å². The van der Waals surface area contributed by atoms with Gasteiger partial charge in [0.15, 0.2) is 0 Å². The molecule has 158 valence electrons. The Morgan fingerprint density at radius 1 is 0.897 bits per heavy atom. The molecule has 2 aromatic rings. The lowest BCUT2D eigenvalue weighted by atomic mass is 9.98. The summed E-state index contributed by atoms with van der Waals surface area (Å²) >= 11 is 0. The lowest BCUT2D eigenvalue weighted by Crippen LogP contribution is -2.46. The van der Waals surface area contributed by atoms with Crippen LogP contribution in [0, 0.1) is 0 Å². The number of carbonyl (C=O) groups excluding carboxylic acids is 1. The molecule has 0 radical (unpaired) electrons. The van der Waals surface area contributed by atoms with Crippen LogP contribution in [-0.2, 0) is 18.0 Å². The van der Waals surface area contributed by atoms with Gasteiger partial charge in [0.2, 0.25) is 0 Å². The number of hydrogen-bond acceptors (Lipinski definition) is 6. The summed E-state index contributed by atoms with van der Waals surface area (Å²) in [5, 5.41) is 0. The number of benzene rings is 2. The van der Waals surface area contributed by atoms with Crippen molar-refractivity contribution in [1.82, 2.24) is 0 Å². The topological polar surface area (TPSA) is 80.0 Å². The van der Waals surface area contributed by atoms with Crippen molar-refractivity contribution in [2.24, 2.45) is 0 Å². The number of nitrogens with two attached hydrogens (primary N) is 1. The first kappa shape index (κ1) is 23.1. The molecule has 0 atom stereocenters. The average Bonchev–Trinajstić information content (AvgIpc) is 2.72. The summed E-state index contributed by atoms with van der Waals surface area (Å²) in [6, 6.07) is 15.5. The Morgan fingerprint density at radius 2 is 1.52 bits per heavy atom. The van der Waals surface area contributed by atoms with Gasteiger partial charge >= 0.3 is 14.8 Å². The van der Waals surface area contributed by atoms with Crippen LogP contribution in [0.25, 0.3) is 11.1 Å². The van der Waals surface area contributed by atoms with Crippen molar-refractivity contribution in [2.75, 3.05) is 32.2 Å². The monoisotopic (exact) mass is 417 g/mol. The van der Waals surface area contributed by atoms with Crippen LogP contribution in [0.4, 0.5) is 5.69 Å². The molecule has 0 saturated heterocycles. The Morgan fingerprint density at radius 3 is 2.10 bits per heavy atom. The van der Waals surface area contributed by atoms with Crippen LogP contribution < -0.4 is 5.73 Å². The van der Waals surface area contributed by atoms with Crippen molar-refractivity contribution in [1.29, 1.82) is 0 Å². The molecule has 2 rings (SSSR count). The zero-order chi connectivity index (χ0) is 21.1. The van der Waals surface area contributed by atoms with Crippen molar-refractivity contribution in [3.8, 4) is 11.1 Å². The van der Waals surface area contributed by atoms with Crippen molar-refractivity contribution < 1.29 is 22.8 Å². The van der Waals surface area contributed by atoms with Crippen molar-refractivity contribution in [2.45, 2.75) is 33.2 Å². The molecule has 0 unspecified atom stereocenters. The molecular formula is C22H31NO5Si. The Balaban J connectivity index is 2.04. The minimum atomic E-state index is -2.73. The quantitative estimate of drug-likeness (QED) is 0.236. The third-order valence-corrected chi connectivity index (χ3v) is 7.48. The van der Waals surface area contributed by atoms with Gasteiger partial charge in [0, 0.05) is 37.1 Å². The smallest absolute Gasteiger partial charge is 0.462 e. The van der Waals surface area contributed by atoms with Gasteiger partial charge in [-0.2, -0.15) is 0 Å². The molecule has 0 aromatic heterocycles. The summed E-state index contributed by atoms with van der Waals surface area (Å²) in [7, 11) is -2.73. The molecule has 2 N–H and O–H groups in total. The number of nitrogen functional groups attached to an aromatic ring is 1. The Kier molecular flexibility index (Phi) is 9.33. The minimum absolute atomic E-state index is 0.254. The fourth-order valence-corrected chi connectivity index (χ4v) is 5.78. The maximum atomic E-state index is 12.7. The van der Waals surface area contributed by atoms with E-state index in [-0.39, 0.29) is 6.61 Å². The van der Waals surface area contributed by atoms with E-state index >= 15 is 0 Å². The third-order valence-electron chi connectivity index (χ3n) is 4.33. The van der Waals surface area contributed by atoms with E-state index in [0.29, 0.717) is 49.1 Å². The molecule has 0 amide bonds. The van der Waals surface area contributed by atoms with Crippen molar-refractivity contribution in [3.63, 3.8) is 0 Å². The molecule has 0 bridgehead atoms. The molecule has 0 heterocycles. The summed E-state index contributed by atoms with van der Waals surface area (Å²) in [5.41, 5.74) is 8.73. The second-order valence-corrected chi connectivity index (χ2v) is 9.09. The van der Waals surface area contributed by atoms with Crippen LogP contribution in [0.3, 0.4) is 0 Å². The summed E-state index contributed by atoms with van der Waals surface area (Å²) in [4.78, 5) is 12.7. The van der Waals surface area contributed by atoms with Crippen LogP contribution in [0.5, 0.6) is 0 Å². The molecule has 6 nitrogen and oxygen atoms in total. The second-order valence-electron chi connectivity index (χ2n) is 6.36. The fourth-order valence-electron chi connectivity index (χ4n) is 3.20. The van der Waals surface area contributed by atoms with Gasteiger partial charge in [0.1, 0.15) is 0 Å². The van der Waals surface area contributed by atoms with E-state index in [2.05, 4.69) is 0 Å². The van der Waals surface area contributed by atoms with Gasteiger partial charge in [-0.25, -0.2) is 4.79 Å². The highest BCUT2D eigenvalue weighted by atomic mass is 28.4. The van der Waals surface area contributed by atoms with Gasteiger partial charge < -0.3 is 23.7 Å². The number of anilines is 1. The van der Waals surface area contributed by atoms with E-state index in [1.54, 1.807) is 18.2 Å². The molecule has 0 aliphatic rings. The predicted molar refractivity (Wildman–Crippen MR) is 117 cm³/mol. The highest BCUT2D eigenvalue weighted by Gasteiger charge is 2.39. The van der Waals surface area contributed by atoms with Gasteiger partial charge in [0.25, 0.3) is 0 Å². The SMILES string of the molecule is CCO[Si](CCCOC(=O)c1cccc(N)c1-c1ccccc1)(OCC)OCC. The maximum absolute atomic E-state index is 12.7. The van der Waals surface area contributed by atoms with Gasteiger partial charge in [0.05, 0.1) is 12.2 Å². The van der Waals surface area contributed by atoms with Crippen LogP contribution >= 0.6 is 0 Å². The largest absolute Gasteiger partial charge is 0.501 e. The van der Waals surface area contributed by atoms with E-state index in [4.69, 9.17) is 23.7 Å². The summed E-state index contributed by atoms with van der Waals surface area (Å²) < 4.78 is 23.0. The zero-order valence-corrected chi connectivity index (χ0v) is 18.5. The first-order chi connectivity index (χ1) is 14.1. The molecule has 2 aromatic carbocycles. The molecule has 0 aliphatic carbocycles. The fraction of sp³-hybridized carbons (Fsp3) is 0.409. The molecule has 0 aliphatic heterocycles.